The molecule has 1 amide bonds. The highest BCUT2D eigenvalue weighted by Crippen LogP contribution is 2.42. The third-order valence-electron chi connectivity index (χ3n) is 5.31. The van der Waals surface area contributed by atoms with Crippen molar-refractivity contribution in [3.63, 3.8) is 0 Å². The van der Waals surface area contributed by atoms with Crippen molar-refractivity contribution >= 4 is 11.8 Å². The number of amides is 1. The molecule has 2 aromatic carbocycles. The van der Waals surface area contributed by atoms with Crippen LogP contribution < -0.4 is 10.1 Å². The molecule has 3 aromatic rings. The Labute approximate surface area is 187 Å². The van der Waals surface area contributed by atoms with E-state index in [0.717, 1.165) is 35.1 Å². The first kappa shape index (κ1) is 21.8. The van der Waals surface area contributed by atoms with Crippen LogP contribution in [0.2, 0.25) is 0 Å². The summed E-state index contributed by atoms with van der Waals surface area (Å²) in [5.74, 6) is 0.0438. The zero-order valence-electron chi connectivity index (χ0n) is 18.5. The number of hydrogen-bond donors (Lipinski definition) is 1. The van der Waals surface area contributed by atoms with E-state index in [9.17, 15) is 9.18 Å². The van der Waals surface area contributed by atoms with Crippen molar-refractivity contribution in [2.45, 2.75) is 51.7 Å². The van der Waals surface area contributed by atoms with Crippen LogP contribution >= 0.6 is 0 Å². The molecule has 1 aliphatic rings. The van der Waals surface area contributed by atoms with Gasteiger partial charge in [-0.2, -0.15) is 0 Å². The summed E-state index contributed by atoms with van der Waals surface area (Å²) in [5.41, 5.74) is 4.09. The summed E-state index contributed by atoms with van der Waals surface area (Å²) >= 11 is 0. The normalized spacial score (nSPS) is 15.2. The number of rotatable bonds is 5. The van der Waals surface area contributed by atoms with E-state index < -0.39 is 11.7 Å². The molecule has 0 aliphatic heterocycles. The number of anilines is 1. The highest BCUT2D eigenvalue weighted by molar-refractivity contribution is 5.85. The van der Waals surface area contributed by atoms with Gasteiger partial charge in [-0.05, 0) is 68.5 Å². The largest absolute Gasteiger partial charge is 0.473 e. The monoisotopic (exact) mass is 434 g/mol. The first-order valence-electron chi connectivity index (χ1n) is 10.7. The van der Waals surface area contributed by atoms with Gasteiger partial charge in [0.2, 0.25) is 5.88 Å². The van der Waals surface area contributed by atoms with Crippen LogP contribution in [0.1, 0.15) is 55.4 Å². The Morgan fingerprint density at radius 1 is 1.12 bits per heavy atom. The topological polar surface area (TPSA) is 60.5 Å². The smallest absolute Gasteiger partial charge is 0.412 e. The number of fused-ring (bicyclic) bond motifs is 1. The number of benzene rings is 2. The van der Waals surface area contributed by atoms with Crippen molar-refractivity contribution in [1.82, 2.24) is 4.98 Å². The molecule has 4 rings (SSSR count). The Bertz CT molecular complexity index is 1110. The highest BCUT2D eigenvalue weighted by atomic mass is 19.1. The Morgan fingerprint density at radius 2 is 1.91 bits per heavy atom. The molecule has 1 aliphatic carbocycles. The van der Waals surface area contributed by atoms with Crippen LogP contribution in [0, 0.1) is 5.82 Å². The van der Waals surface area contributed by atoms with Crippen molar-refractivity contribution in [1.29, 1.82) is 0 Å². The first-order chi connectivity index (χ1) is 15.3. The second kappa shape index (κ2) is 8.99. The Hall–Kier alpha value is -3.41. The maximum atomic E-state index is 14.1. The standard InChI is InChI=1S/C26H27FN2O3/c1-26(2,3)32-25(30)29-20-10-12-21-18(13-20)9-11-22(21)23-14-19(27)15-28-24(23)31-16-17-7-5-4-6-8-17/h4-8,10,12-15,22H,9,11,16H2,1-3H3,(H,29,30). The fraction of sp³-hybridized carbons (Fsp3) is 0.308. The van der Waals surface area contributed by atoms with Crippen LogP contribution in [0.15, 0.2) is 60.8 Å². The van der Waals surface area contributed by atoms with Crippen LogP contribution in [0.25, 0.3) is 0 Å². The predicted octanol–water partition coefficient (Wildman–Crippen LogP) is 6.22. The predicted molar refractivity (Wildman–Crippen MR) is 121 cm³/mol. The maximum Gasteiger partial charge on any atom is 0.412 e. The number of aromatic nitrogens is 1. The number of carbonyl (C=O) groups excluding carboxylic acids is 1. The molecule has 1 aromatic heterocycles. The minimum atomic E-state index is -0.563. The molecule has 5 nitrogen and oxygen atoms in total. The van der Waals surface area contributed by atoms with Gasteiger partial charge in [0, 0.05) is 17.2 Å². The van der Waals surface area contributed by atoms with Crippen LogP contribution in [0.3, 0.4) is 0 Å². The van der Waals surface area contributed by atoms with Gasteiger partial charge in [0.15, 0.2) is 0 Å². The van der Waals surface area contributed by atoms with Gasteiger partial charge in [0.25, 0.3) is 0 Å². The number of aryl methyl sites for hydroxylation is 1. The van der Waals surface area contributed by atoms with Crippen LogP contribution in [0.5, 0.6) is 5.88 Å². The summed E-state index contributed by atoms with van der Waals surface area (Å²) in [7, 11) is 0. The highest BCUT2D eigenvalue weighted by Gasteiger charge is 2.28. The maximum absolute atomic E-state index is 14.1. The SMILES string of the molecule is CC(C)(C)OC(=O)Nc1ccc2c(c1)CCC2c1cc(F)cnc1OCc1ccccc1. The summed E-state index contributed by atoms with van der Waals surface area (Å²) < 4.78 is 25.4. The van der Waals surface area contributed by atoms with Crippen LogP contribution in [-0.4, -0.2) is 16.7 Å². The van der Waals surface area contributed by atoms with E-state index in [-0.39, 0.29) is 11.7 Å². The Kier molecular flexibility index (Phi) is 6.12. The number of carbonyl (C=O) groups is 1. The van der Waals surface area contributed by atoms with E-state index in [1.165, 1.54) is 12.3 Å². The van der Waals surface area contributed by atoms with E-state index in [1.807, 2.05) is 69.3 Å². The lowest BCUT2D eigenvalue weighted by molar-refractivity contribution is 0.0636. The van der Waals surface area contributed by atoms with E-state index in [2.05, 4.69) is 10.3 Å². The second-order valence-electron chi connectivity index (χ2n) is 8.95. The minimum absolute atomic E-state index is 0.0189. The number of ether oxygens (including phenoxy) is 2. The van der Waals surface area contributed by atoms with E-state index in [1.54, 1.807) is 0 Å². The molecule has 0 bridgehead atoms. The molecular weight excluding hydrogens is 407 g/mol. The number of hydrogen-bond acceptors (Lipinski definition) is 4. The fourth-order valence-corrected chi connectivity index (χ4v) is 3.98. The van der Waals surface area contributed by atoms with E-state index >= 15 is 0 Å². The molecule has 6 heteroatoms. The van der Waals surface area contributed by atoms with Crippen molar-refractivity contribution in [2.24, 2.45) is 0 Å². The third kappa shape index (κ3) is 5.25. The molecule has 1 atom stereocenters. The molecule has 1 N–H and O–H groups in total. The quantitative estimate of drug-likeness (QED) is 0.517. The molecule has 0 fully saturated rings. The molecule has 0 radical (unpaired) electrons. The second-order valence-corrected chi connectivity index (χ2v) is 8.95. The Balaban J connectivity index is 1.54. The molecule has 1 unspecified atom stereocenters. The van der Waals surface area contributed by atoms with Gasteiger partial charge in [0.1, 0.15) is 18.0 Å². The van der Waals surface area contributed by atoms with Crippen molar-refractivity contribution < 1.29 is 18.7 Å². The molecule has 1 heterocycles. The Morgan fingerprint density at radius 3 is 2.66 bits per heavy atom. The molecule has 166 valence electrons. The van der Waals surface area contributed by atoms with Crippen molar-refractivity contribution in [3.05, 3.63) is 88.9 Å². The summed E-state index contributed by atoms with van der Waals surface area (Å²) in [6.07, 6.45) is 2.34. The van der Waals surface area contributed by atoms with Gasteiger partial charge in [0.05, 0.1) is 6.20 Å². The number of nitrogens with zero attached hydrogens (tertiary/aromatic N) is 1. The van der Waals surface area contributed by atoms with Crippen LogP contribution in [0.4, 0.5) is 14.9 Å². The zero-order valence-corrected chi connectivity index (χ0v) is 18.5. The fourth-order valence-electron chi connectivity index (χ4n) is 3.98. The summed E-state index contributed by atoms with van der Waals surface area (Å²) in [6.45, 7) is 5.84. The average molecular weight is 435 g/mol. The summed E-state index contributed by atoms with van der Waals surface area (Å²) in [4.78, 5) is 16.3. The minimum Gasteiger partial charge on any atom is -0.473 e. The average Bonchev–Trinajstić information content (AvgIpc) is 3.15. The zero-order chi connectivity index (χ0) is 22.7. The lowest BCUT2D eigenvalue weighted by Gasteiger charge is -2.20. The molecule has 0 saturated carbocycles. The van der Waals surface area contributed by atoms with Crippen LogP contribution in [-0.2, 0) is 17.8 Å². The van der Waals surface area contributed by atoms with Gasteiger partial charge >= 0.3 is 6.09 Å². The molecule has 0 saturated heterocycles. The molecule has 0 spiro atoms. The van der Waals surface area contributed by atoms with Gasteiger partial charge in [-0.15, -0.1) is 0 Å². The van der Waals surface area contributed by atoms with Crippen molar-refractivity contribution in [2.75, 3.05) is 5.32 Å². The third-order valence-corrected chi connectivity index (χ3v) is 5.31. The number of halogens is 1. The van der Waals surface area contributed by atoms with Gasteiger partial charge in [-0.3, -0.25) is 5.32 Å². The number of pyridine rings is 1. The van der Waals surface area contributed by atoms with Crippen molar-refractivity contribution in [3.8, 4) is 5.88 Å². The van der Waals surface area contributed by atoms with Gasteiger partial charge < -0.3 is 9.47 Å². The van der Waals surface area contributed by atoms with Gasteiger partial charge in [-0.25, -0.2) is 14.2 Å². The molecular formula is C26H27FN2O3. The lowest BCUT2D eigenvalue weighted by atomic mass is 9.93. The summed E-state index contributed by atoms with van der Waals surface area (Å²) in [5, 5.41) is 2.78. The van der Waals surface area contributed by atoms with E-state index in [4.69, 9.17) is 9.47 Å². The lowest BCUT2D eigenvalue weighted by Crippen LogP contribution is -2.27. The first-order valence-corrected chi connectivity index (χ1v) is 10.7. The van der Waals surface area contributed by atoms with E-state index in [0.29, 0.717) is 18.2 Å². The van der Waals surface area contributed by atoms with Gasteiger partial charge in [-0.1, -0.05) is 36.4 Å². The number of nitrogens with one attached hydrogen (secondary N) is 1. The molecule has 32 heavy (non-hydrogen) atoms. The summed E-state index contributed by atoms with van der Waals surface area (Å²) in [6, 6.07) is 17.1.